The van der Waals surface area contributed by atoms with Crippen molar-refractivity contribution in [2.24, 2.45) is 5.41 Å². The van der Waals surface area contributed by atoms with Crippen LogP contribution in [0.4, 0.5) is 10.5 Å². The number of nitrogens with one attached hydrogen (secondary N) is 2. The molecule has 3 N–H and O–H groups in total. The van der Waals surface area contributed by atoms with Gasteiger partial charge in [-0.1, -0.05) is 25.4 Å². The fourth-order valence-electron chi connectivity index (χ4n) is 1.88. The van der Waals surface area contributed by atoms with Crippen molar-refractivity contribution in [2.75, 3.05) is 11.9 Å². The molecule has 116 valence electrons. The maximum atomic E-state index is 11.8. The van der Waals surface area contributed by atoms with Gasteiger partial charge < -0.3 is 15.7 Å². The minimum absolute atomic E-state index is 0.0793. The molecule has 0 unspecified atom stereocenters. The van der Waals surface area contributed by atoms with Crippen molar-refractivity contribution in [1.29, 1.82) is 0 Å². The number of anilines is 1. The highest BCUT2D eigenvalue weighted by Gasteiger charge is 2.35. The number of hydrogen-bond acceptors (Lipinski definition) is 2. The van der Waals surface area contributed by atoms with E-state index < -0.39 is 17.4 Å². The van der Waals surface area contributed by atoms with Crippen molar-refractivity contribution in [3.63, 3.8) is 0 Å². The Morgan fingerprint density at radius 1 is 1.33 bits per heavy atom. The van der Waals surface area contributed by atoms with Crippen LogP contribution in [-0.4, -0.2) is 23.7 Å². The third-order valence-corrected chi connectivity index (χ3v) is 4.79. The molecule has 0 fully saturated rings. The van der Waals surface area contributed by atoms with Crippen molar-refractivity contribution in [3.05, 3.63) is 27.7 Å². The van der Waals surface area contributed by atoms with Gasteiger partial charge in [0.15, 0.2) is 0 Å². The Hall–Kier alpha value is -1.27. The van der Waals surface area contributed by atoms with Crippen LogP contribution in [0, 0.1) is 5.41 Å². The van der Waals surface area contributed by atoms with Crippen LogP contribution in [-0.2, 0) is 4.79 Å². The second kappa shape index (κ2) is 7.66. The van der Waals surface area contributed by atoms with Gasteiger partial charge in [0, 0.05) is 16.7 Å². The van der Waals surface area contributed by atoms with Gasteiger partial charge in [-0.15, -0.1) is 0 Å². The van der Waals surface area contributed by atoms with Gasteiger partial charge in [0.2, 0.25) is 0 Å². The van der Waals surface area contributed by atoms with Crippen molar-refractivity contribution in [2.45, 2.75) is 26.7 Å². The first-order chi connectivity index (χ1) is 9.84. The molecule has 0 radical (unpaired) electrons. The number of benzene rings is 1. The van der Waals surface area contributed by atoms with Crippen LogP contribution in [0.25, 0.3) is 0 Å². The van der Waals surface area contributed by atoms with E-state index in [4.69, 9.17) is 11.6 Å². The van der Waals surface area contributed by atoms with Gasteiger partial charge in [0.05, 0.1) is 10.4 Å². The Morgan fingerprint density at radius 2 is 1.95 bits per heavy atom. The highest BCUT2D eigenvalue weighted by Crippen LogP contribution is 2.27. The summed E-state index contributed by atoms with van der Waals surface area (Å²) in [5, 5.41) is 15.1. The second-order valence-corrected chi connectivity index (χ2v) is 5.99. The maximum Gasteiger partial charge on any atom is 0.319 e. The minimum atomic E-state index is -0.933. The van der Waals surface area contributed by atoms with Crippen LogP contribution >= 0.6 is 27.5 Å². The third kappa shape index (κ3) is 4.61. The van der Waals surface area contributed by atoms with Gasteiger partial charge in [-0.25, -0.2) is 4.79 Å². The highest BCUT2D eigenvalue weighted by atomic mass is 79.9. The molecular weight excluding hydrogens is 360 g/mol. The number of halogens is 2. The van der Waals surface area contributed by atoms with Crippen molar-refractivity contribution in [1.82, 2.24) is 5.32 Å². The molecule has 0 aromatic heterocycles. The standard InChI is InChI=1S/C14H18BrClN2O3/c1-3-14(4-2,12(19)20)8-17-13(21)18-9-5-6-11(16)10(15)7-9/h5-7H,3-4,8H2,1-2H3,(H,19,20)(H2,17,18,21). The average Bonchev–Trinajstić information content (AvgIpc) is 2.44. The van der Waals surface area contributed by atoms with Gasteiger partial charge in [0.1, 0.15) is 0 Å². The van der Waals surface area contributed by atoms with Crippen LogP contribution in [0.3, 0.4) is 0 Å². The molecule has 2 amide bonds. The fourth-order valence-corrected chi connectivity index (χ4v) is 2.37. The van der Waals surface area contributed by atoms with E-state index in [0.717, 1.165) is 0 Å². The molecule has 0 bridgehead atoms. The van der Waals surface area contributed by atoms with Gasteiger partial charge in [-0.2, -0.15) is 0 Å². The molecular formula is C14H18BrClN2O3. The average molecular weight is 378 g/mol. The third-order valence-electron chi connectivity index (χ3n) is 3.57. The summed E-state index contributed by atoms with van der Waals surface area (Å²) in [6.45, 7) is 3.68. The lowest BCUT2D eigenvalue weighted by Crippen LogP contribution is -2.43. The van der Waals surface area contributed by atoms with E-state index in [2.05, 4.69) is 26.6 Å². The molecule has 1 rings (SSSR count). The number of carbonyl (C=O) groups excluding carboxylic acids is 1. The molecule has 0 heterocycles. The molecule has 0 atom stereocenters. The summed E-state index contributed by atoms with van der Waals surface area (Å²) in [6, 6.07) is 4.54. The monoisotopic (exact) mass is 376 g/mol. The summed E-state index contributed by atoms with van der Waals surface area (Å²) >= 11 is 9.14. The molecule has 0 saturated heterocycles. The van der Waals surface area contributed by atoms with Crippen molar-refractivity contribution < 1.29 is 14.7 Å². The van der Waals surface area contributed by atoms with E-state index in [1.165, 1.54) is 0 Å². The normalized spacial score (nSPS) is 11.0. The summed E-state index contributed by atoms with van der Waals surface area (Å²) in [7, 11) is 0. The number of hydrogen-bond donors (Lipinski definition) is 3. The quantitative estimate of drug-likeness (QED) is 0.698. The predicted molar refractivity (Wildman–Crippen MR) is 86.8 cm³/mol. The molecule has 1 aromatic rings. The molecule has 1 aromatic carbocycles. The predicted octanol–water partition coefficient (Wildman–Crippen LogP) is 4.12. The molecule has 0 spiro atoms. The van der Waals surface area contributed by atoms with Crippen LogP contribution < -0.4 is 10.6 Å². The number of aliphatic carboxylic acids is 1. The summed E-state index contributed by atoms with van der Waals surface area (Å²) in [5.74, 6) is -0.901. The Morgan fingerprint density at radius 3 is 2.43 bits per heavy atom. The van der Waals surface area contributed by atoms with E-state index >= 15 is 0 Å². The molecule has 7 heteroatoms. The Kier molecular flexibility index (Phi) is 6.48. The summed E-state index contributed by atoms with van der Waals surface area (Å²) in [4.78, 5) is 23.2. The minimum Gasteiger partial charge on any atom is -0.481 e. The first-order valence-electron chi connectivity index (χ1n) is 6.58. The molecule has 5 nitrogen and oxygen atoms in total. The number of carboxylic acid groups (broad SMARTS) is 1. The lowest BCUT2D eigenvalue weighted by molar-refractivity contribution is -0.149. The number of amides is 2. The lowest BCUT2D eigenvalue weighted by Gasteiger charge is -2.26. The first kappa shape index (κ1) is 17.8. The van der Waals surface area contributed by atoms with E-state index in [0.29, 0.717) is 28.0 Å². The Balaban J connectivity index is 2.65. The zero-order valence-corrected chi connectivity index (χ0v) is 14.2. The van der Waals surface area contributed by atoms with Gasteiger partial charge in [0.25, 0.3) is 0 Å². The summed E-state index contributed by atoms with van der Waals surface area (Å²) in [6.07, 6.45) is 0.900. The second-order valence-electron chi connectivity index (χ2n) is 4.73. The largest absolute Gasteiger partial charge is 0.481 e. The smallest absolute Gasteiger partial charge is 0.319 e. The highest BCUT2D eigenvalue weighted by molar-refractivity contribution is 9.10. The Bertz CT molecular complexity index is 533. The Labute approximate surface area is 137 Å². The maximum absolute atomic E-state index is 11.8. The van der Waals surface area contributed by atoms with Crippen LogP contribution in [0.5, 0.6) is 0 Å². The van der Waals surface area contributed by atoms with Gasteiger partial charge in [-0.3, -0.25) is 4.79 Å². The number of carboxylic acids is 1. The number of carbonyl (C=O) groups is 2. The SMILES string of the molecule is CCC(CC)(CNC(=O)Nc1ccc(Cl)c(Br)c1)C(=O)O. The fraction of sp³-hybridized carbons (Fsp3) is 0.429. The van der Waals surface area contributed by atoms with Crippen LogP contribution in [0.2, 0.25) is 5.02 Å². The van der Waals surface area contributed by atoms with Crippen LogP contribution in [0.15, 0.2) is 22.7 Å². The van der Waals surface area contributed by atoms with Crippen molar-refractivity contribution in [3.8, 4) is 0 Å². The zero-order valence-electron chi connectivity index (χ0n) is 11.9. The van der Waals surface area contributed by atoms with E-state index in [1.807, 2.05) is 0 Å². The van der Waals surface area contributed by atoms with Gasteiger partial charge in [-0.05, 0) is 47.0 Å². The molecule has 0 aliphatic heterocycles. The zero-order chi connectivity index (χ0) is 16.0. The lowest BCUT2D eigenvalue weighted by atomic mass is 9.82. The summed E-state index contributed by atoms with van der Waals surface area (Å²) in [5.41, 5.74) is -0.365. The number of urea groups is 1. The number of rotatable bonds is 6. The molecule has 21 heavy (non-hydrogen) atoms. The van der Waals surface area contributed by atoms with Gasteiger partial charge >= 0.3 is 12.0 Å². The molecule has 0 aliphatic rings. The van der Waals surface area contributed by atoms with E-state index in [9.17, 15) is 14.7 Å². The first-order valence-corrected chi connectivity index (χ1v) is 7.75. The summed E-state index contributed by atoms with van der Waals surface area (Å²) < 4.78 is 0.670. The topological polar surface area (TPSA) is 78.4 Å². The van der Waals surface area contributed by atoms with Crippen molar-refractivity contribution >= 4 is 45.2 Å². The molecule has 0 saturated carbocycles. The van der Waals surface area contributed by atoms with E-state index in [1.54, 1.807) is 32.0 Å². The van der Waals surface area contributed by atoms with Crippen LogP contribution in [0.1, 0.15) is 26.7 Å². The molecule has 0 aliphatic carbocycles. The van der Waals surface area contributed by atoms with E-state index in [-0.39, 0.29) is 6.54 Å².